The number of carbonyl (C=O) groups excluding carboxylic acids is 2. The van der Waals surface area contributed by atoms with Crippen LogP contribution < -0.4 is 10.6 Å². The number of anilines is 2. The van der Waals surface area contributed by atoms with E-state index in [0.717, 1.165) is 16.8 Å². The zero-order valence-electron chi connectivity index (χ0n) is 16.3. The topological polar surface area (TPSA) is 61.4 Å². The van der Waals surface area contributed by atoms with Crippen LogP contribution in [0.2, 0.25) is 0 Å². The number of hydrogen-bond donors (Lipinski definition) is 2. The summed E-state index contributed by atoms with van der Waals surface area (Å²) in [6, 6.07) is 11.7. The fourth-order valence-corrected chi connectivity index (χ4v) is 3.48. The Kier molecular flexibility index (Phi) is 6.41. The molecule has 0 spiro atoms. The molecule has 28 heavy (non-hydrogen) atoms. The first-order valence-corrected chi connectivity index (χ1v) is 9.56. The lowest BCUT2D eigenvalue weighted by molar-refractivity contribution is -0.121. The van der Waals surface area contributed by atoms with Crippen molar-refractivity contribution in [1.29, 1.82) is 0 Å². The van der Waals surface area contributed by atoms with Gasteiger partial charge in [0.1, 0.15) is 5.82 Å². The van der Waals surface area contributed by atoms with Crippen LogP contribution in [0.5, 0.6) is 0 Å². The molecule has 3 rings (SSSR count). The van der Waals surface area contributed by atoms with E-state index >= 15 is 0 Å². The average Bonchev–Trinajstić information content (AvgIpc) is 2.66. The minimum absolute atomic E-state index is 0.0406. The Morgan fingerprint density at radius 2 is 1.71 bits per heavy atom. The number of hydrogen-bond acceptors (Lipinski definition) is 3. The van der Waals surface area contributed by atoms with Crippen molar-refractivity contribution in [2.45, 2.75) is 26.7 Å². The molecule has 0 saturated carbocycles. The lowest BCUT2D eigenvalue weighted by atomic mass is 9.96. The van der Waals surface area contributed by atoms with Gasteiger partial charge < -0.3 is 10.6 Å². The van der Waals surface area contributed by atoms with Crippen LogP contribution in [0, 0.1) is 25.6 Å². The summed E-state index contributed by atoms with van der Waals surface area (Å²) in [5, 5.41) is 5.80. The molecule has 148 valence electrons. The van der Waals surface area contributed by atoms with E-state index in [0.29, 0.717) is 38.2 Å². The van der Waals surface area contributed by atoms with Crippen molar-refractivity contribution in [3.8, 4) is 0 Å². The Bertz CT molecular complexity index is 843. The van der Waals surface area contributed by atoms with Crippen LogP contribution in [0.4, 0.5) is 15.8 Å². The van der Waals surface area contributed by atoms with Crippen LogP contribution in [0.15, 0.2) is 42.5 Å². The minimum atomic E-state index is -0.328. The maximum absolute atomic E-state index is 13.0. The summed E-state index contributed by atoms with van der Waals surface area (Å²) in [7, 11) is 0. The molecule has 0 unspecified atom stereocenters. The first-order valence-electron chi connectivity index (χ1n) is 9.56. The molecule has 1 saturated heterocycles. The van der Waals surface area contributed by atoms with Crippen LogP contribution >= 0.6 is 0 Å². The molecule has 1 aliphatic rings. The molecule has 2 aromatic carbocycles. The van der Waals surface area contributed by atoms with Crippen LogP contribution in [0.3, 0.4) is 0 Å². The van der Waals surface area contributed by atoms with Crippen molar-refractivity contribution in [2.75, 3.05) is 30.3 Å². The highest BCUT2D eigenvalue weighted by molar-refractivity contribution is 5.93. The number of halogens is 1. The molecule has 0 atom stereocenters. The zero-order valence-corrected chi connectivity index (χ0v) is 16.3. The standard InChI is InChI=1S/C22H26FN3O2/c1-15-3-8-20(16(2)13-15)25-21(27)14-26-11-9-17(10-12-26)22(28)24-19-6-4-18(23)5-7-19/h3-8,13,17H,9-12,14H2,1-2H3,(H,24,28)(H,25,27). The number of amides is 2. The van der Waals surface area contributed by atoms with Gasteiger partial charge in [-0.25, -0.2) is 4.39 Å². The number of likely N-dealkylation sites (tertiary alicyclic amines) is 1. The van der Waals surface area contributed by atoms with Crippen molar-refractivity contribution in [2.24, 2.45) is 5.92 Å². The molecule has 1 fully saturated rings. The monoisotopic (exact) mass is 383 g/mol. The fraction of sp³-hybridized carbons (Fsp3) is 0.364. The summed E-state index contributed by atoms with van der Waals surface area (Å²) in [5.41, 5.74) is 3.65. The Balaban J connectivity index is 1.45. The Labute approximate surface area is 164 Å². The van der Waals surface area contributed by atoms with Gasteiger partial charge in [0.15, 0.2) is 0 Å². The van der Waals surface area contributed by atoms with Gasteiger partial charge in [-0.1, -0.05) is 17.7 Å². The largest absolute Gasteiger partial charge is 0.326 e. The normalized spacial score (nSPS) is 15.2. The second-order valence-corrected chi connectivity index (χ2v) is 7.41. The van der Waals surface area contributed by atoms with Crippen LogP contribution in [-0.4, -0.2) is 36.3 Å². The van der Waals surface area contributed by atoms with E-state index in [1.807, 2.05) is 32.0 Å². The lowest BCUT2D eigenvalue weighted by Gasteiger charge is -2.30. The van der Waals surface area contributed by atoms with Gasteiger partial charge in [0, 0.05) is 17.3 Å². The maximum atomic E-state index is 13.0. The molecule has 2 amide bonds. The first kappa shape index (κ1) is 20.0. The molecule has 0 aromatic heterocycles. The predicted molar refractivity (Wildman–Crippen MR) is 109 cm³/mol. The van der Waals surface area contributed by atoms with Crippen LogP contribution in [0.1, 0.15) is 24.0 Å². The summed E-state index contributed by atoms with van der Waals surface area (Å²) in [4.78, 5) is 26.8. The number of rotatable bonds is 5. The van der Waals surface area contributed by atoms with E-state index in [9.17, 15) is 14.0 Å². The van der Waals surface area contributed by atoms with Gasteiger partial charge in [-0.3, -0.25) is 14.5 Å². The summed E-state index contributed by atoms with van der Waals surface area (Å²) >= 11 is 0. The van der Waals surface area contributed by atoms with E-state index in [4.69, 9.17) is 0 Å². The molecular weight excluding hydrogens is 357 g/mol. The van der Waals surface area contributed by atoms with Crippen molar-refractivity contribution in [1.82, 2.24) is 4.90 Å². The molecule has 6 heteroatoms. The van der Waals surface area contributed by atoms with Gasteiger partial charge in [0.2, 0.25) is 11.8 Å². The van der Waals surface area contributed by atoms with Crippen molar-refractivity contribution < 1.29 is 14.0 Å². The number of aryl methyl sites for hydroxylation is 2. The minimum Gasteiger partial charge on any atom is -0.326 e. The molecule has 2 N–H and O–H groups in total. The molecule has 0 bridgehead atoms. The third-order valence-electron chi connectivity index (χ3n) is 5.09. The van der Waals surface area contributed by atoms with Crippen LogP contribution in [-0.2, 0) is 9.59 Å². The number of piperidine rings is 1. The molecular formula is C22H26FN3O2. The van der Waals surface area contributed by atoms with Crippen molar-refractivity contribution >= 4 is 23.2 Å². The lowest BCUT2D eigenvalue weighted by Crippen LogP contribution is -2.41. The van der Waals surface area contributed by atoms with Gasteiger partial charge in [0.05, 0.1) is 6.54 Å². The predicted octanol–water partition coefficient (Wildman–Crippen LogP) is 3.73. The van der Waals surface area contributed by atoms with Crippen molar-refractivity contribution in [3.05, 3.63) is 59.4 Å². The highest BCUT2D eigenvalue weighted by Crippen LogP contribution is 2.20. The van der Waals surface area contributed by atoms with Crippen LogP contribution in [0.25, 0.3) is 0 Å². The second kappa shape index (κ2) is 8.97. The number of carbonyl (C=O) groups is 2. The van der Waals surface area contributed by atoms with Gasteiger partial charge in [0.25, 0.3) is 0 Å². The SMILES string of the molecule is Cc1ccc(NC(=O)CN2CCC(C(=O)Nc3ccc(F)cc3)CC2)c(C)c1. The second-order valence-electron chi connectivity index (χ2n) is 7.41. The Hall–Kier alpha value is -2.73. The molecule has 0 radical (unpaired) electrons. The number of nitrogens with one attached hydrogen (secondary N) is 2. The molecule has 2 aromatic rings. The summed E-state index contributed by atoms with van der Waals surface area (Å²) in [5.74, 6) is -0.513. The molecule has 0 aliphatic carbocycles. The van der Waals surface area contributed by atoms with E-state index in [2.05, 4.69) is 15.5 Å². The van der Waals surface area contributed by atoms with E-state index in [-0.39, 0.29) is 23.5 Å². The molecule has 1 heterocycles. The first-order chi connectivity index (χ1) is 13.4. The highest BCUT2D eigenvalue weighted by Gasteiger charge is 2.26. The van der Waals surface area contributed by atoms with Gasteiger partial charge in [-0.2, -0.15) is 0 Å². The van der Waals surface area contributed by atoms with E-state index in [1.54, 1.807) is 12.1 Å². The third kappa shape index (κ3) is 5.39. The number of nitrogens with zero attached hydrogens (tertiary/aromatic N) is 1. The quantitative estimate of drug-likeness (QED) is 0.827. The van der Waals surface area contributed by atoms with Gasteiger partial charge in [-0.05, 0) is 75.7 Å². The highest BCUT2D eigenvalue weighted by atomic mass is 19.1. The van der Waals surface area contributed by atoms with Gasteiger partial charge in [-0.15, -0.1) is 0 Å². The van der Waals surface area contributed by atoms with Crippen molar-refractivity contribution in [3.63, 3.8) is 0 Å². The van der Waals surface area contributed by atoms with E-state index < -0.39 is 0 Å². The maximum Gasteiger partial charge on any atom is 0.238 e. The van der Waals surface area contributed by atoms with Gasteiger partial charge >= 0.3 is 0 Å². The smallest absolute Gasteiger partial charge is 0.238 e. The Morgan fingerprint density at radius 3 is 2.36 bits per heavy atom. The summed E-state index contributed by atoms with van der Waals surface area (Å²) in [6.07, 6.45) is 1.40. The number of benzene rings is 2. The van der Waals surface area contributed by atoms with E-state index in [1.165, 1.54) is 12.1 Å². The summed E-state index contributed by atoms with van der Waals surface area (Å²) < 4.78 is 13.0. The zero-order chi connectivity index (χ0) is 20.1. The third-order valence-corrected chi connectivity index (χ3v) is 5.09. The summed E-state index contributed by atoms with van der Waals surface area (Å²) in [6.45, 7) is 5.71. The Morgan fingerprint density at radius 1 is 1.04 bits per heavy atom. The average molecular weight is 383 g/mol. The molecule has 5 nitrogen and oxygen atoms in total. The fourth-order valence-electron chi connectivity index (χ4n) is 3.48. The molecule has 1 aliphatic heterocycles.